The van der Waals surface area contributed by atoms with Crippen LogP contribution in [-0.4, -0.2) is 21.2 Å². The van der Waals surface area contributed by atoms with Crippen LogP contribution < -0.4 is 0 Å². The van der Waals surface area contributed by atoms with Crippen LogP contribution in [0.4, 0.5) is 0 Å². The van der Waals surface area contributed by atoms with E-state index in [9.17, 15) is 5.11 Å². The molecule has 0 spiro atoms. The molecule has 0 aliphatic rings. The van der Waals surface area contributed by atoms with Crippen molar-refractivity contribution in [3.8, 4) is 0 Å². The van der Waals surface area contributed by atoms with Crippen molar-refractivity contribution in [2.24, 2.45) is 0 Å². The first-order valence-electron chi connectivity index (χ1n) is 4.19. The van der Waals surface area contributed by atoms with Crippen molar-refractivity contribution in [1.29, 1.82) is 0 Å². The summed E-state index contributed by atoms with van der Waals surface area (Å²) in [6.07, 6.45) is 5.53. The minimum absolute atomic E-state index is 0.110. The molecule has 0 fully saturated rings. The second kappa shape index (κ2) is 4.16. The maximum atomic E-state index is 9.40. The van der Waals surface area contributed by atoms with Gasteiger partial charge in [0.2, 0.25) is 0 Å². The van der Waals surface area contributed by atoms with Crippen LogP contribution in [0.2, 0.25) is 0 Å². The van der Waals surface area contributed by atoms with Crippen LogP contribution in [0.15, 0.2) is 18.6 Å². The lowest BCUT2D eigenvalue weighted by Gasteiger charge is -2.16. The zero-order chi connectivity index (χ0) is 8.97. The SMILES string of the molecule is CCC(c1cnccn1)C(C)O. The molecule has 0 radical (unpaired) electrons. The lowest BCUT2D eigenvalue weighted by molar-refractivity contribution is 0.158. The van der Waals surface area contributed by atoms with Gasteiger partial charge in [0.25, 0.3) is 0 Å². The molecular weight excluding hydrogens is 152 g/mol. The predicted octanol–water partition coefficient (Wildman–Crippen LogP) is 1.35. The Kier molecular flexibility index (Phi) is 3.17. The molecule has 1 aromatic rings. The van der Waals surface area contributed by atoms with Gasteiger partial charge in [-0.05, 0) is 13.3 Å². The van der Waals surface area contributed by atoms with Gasteiger partial charge in [0.15, 0.2) is 0 Å². The molecule has 0 saturated carbocycles. The lowest BCUT2D eigenvalue weighted by Crippen LogP contribution is -2.15. The minimum Gasteiger partial charge on any atom is -0.393 e. The van der Waals surface area contributed by atoms with Crippen LogP contribution in [0.5, 0.6) is 0 Å². The number of nitrogens with zero attached hydrogens (tertiary/aromatic N) is 2. The molecule has 2 atom stereocenters. The third-order valence-electron chi connectivity index (χ3n) is 1.99. The Labute approximate surface area is 72.5 Å². The molecule has 66 valence electrons. The van der Waals surface area contributed by atoms with Gasteiger partial charge in [0.05, 0.1) is 11.8 Å². The minimum atomic E-state index is -0.355. The summed E-state index contributed by atoms with van der Waals surface area (Å²) in [7, 11) is 0. The van der Waals surface area contributed by atoms with Crippen LogP contribution in [0, 0.1) is 0 Å². The van der Waals surface area contributed by atoms with Crippen LogP contribution in [0.1, 0.15) is 31.9 Å². The van der Waals surface area contributed by atoms with Crippen LogP contribution >= 0.6 is 0 Å². The van der Waals surface area contributed by atoms with Gasteiger partial charge in [-0.2, -0.15) is 0 Å². The molecule has 3 heteroatoms. The Morgan fingerprint density at radius 2 is 2.25 bits per heavy atom. The van der Waals surface area contributed by atoms with Crippen molar-refractivity contribution in [3.05, 3.63) is 24.3 Å². The summed E-state index contributed by atoms with van der Waals surface area (Å²) in [6, 6.07) is 0. The molecule has 2 unspecified atom stereocenters. The van der Waals surface area contributed by atoms with Gasteiger partial charge < -0.3 is 5.11 Å². The van der Waals surface area contributed by atoms with E-state index in [-0.39, 0.29) is 12.0 Å². The van der Waals surface area contributed by atoms with Gasteiger partial charge in [-0.15, -0.1) is 0 Å². The van der Waals surface area contributed by atoms with E-state index in [1.54, 1.807) is 25.5 Å². The van der Waals surface area contributed by atoms with E-state index in [0.29, 0.717) is 0 Å². The number of rotatable bonds is 3. The zero-order valence-electron chi connectivity index (χ0n) is 7.44. The van der Waals surface area contributed by atoms with Gasteiger partial charge in [-0.25, -0.2) is 0 Å². The van der Waals surface area contributed by atoms with Crippen LogP contribution in [0.3, 0.4) is 0 Å². The van der Waals surface area contributed by atoms with E-state index >= 15 is 0 Å². The quantitative estimate of drug-likeness (QED) is 0.737. The average molecular weight is 166 g/mol. The third kappa shape index (κ3) is 2.01. The smallest absolute Gasteiger partial charge is 0.0643 e. The molecule has 12 heavy (non-hydrogen) atoms. The second-order valence-corrected chi connectivity index (χ2v) is 2.89. The van der Waals surface area contributed by atoms with E-state index in [0.717, 1.165) is 12.1 Å². The Morgan fingerprint density at radius 3 is 2.67 bits per heavy atom. The van der Waals surface area contributed by atoms with E-state index < -0.39 is 0 Å². The number of hydrogen-bond donors (Lipinski definition) is 1. The van der Waals surface area contributed by atoms with Crippen molar-refractivity contribution < 1.29 is 5.11 Å². The van der Waals surface area contributed by atoms with Crippen molar-refractivity contribution in [2.45, 2.75) is 32.3 Å². The van der Waals surface area contributed by atoms with Crippen molar-refractivity contribution in [2.75, 3.05) is 0 Å². The molecule has 1 aromatic heterocycles. The Hall–Kier alpha value is -0.960. The van der Waals surface area contributed by atoms with Crippen LogP contribution in [0.25, 0.3) is 0 Å². The number of aliphatic hydroxyl groups excluding tert-OH is 1. The van der Waals surface area contributed by atoms with Crippen molar-refractivity contribution >= 4 is 0 Å². The number of aliphatic hydroxyl groups is 1. The average Bonchev–Trinajstić information content (AvgIpc) is 2.07. The normalized spacial score (nSPS) is 15.6. The highest BCUT2D eigenvalue weighted by Crippen LogP contribution is 2.19. The highest BCUT2D eigenvalue weighted by Gasteiger charge is 2.15. The molecule has 0 aliphatic carbocycles. The largest absolute Gasteiger partial charge is 0.393 e. The number of hydrogen-bond acceptors (Lipinski definition) is 3. The standard InChI is InChI=1S/C9H14N2O/c1-3-8(7(2)12)9-6-10-4-5-11-9/h4-8,12H,3H2,1-2H3. The first kappa shape index (κ1) is 9.13. The molecule has 0 saturated heterocycles. The first-order chi connectivity index (χ1) is 5.75. The Morgan fingerprint density at radius 1 is 1.50 bits per heavy atom. The Balaban J connectivity index is 2.80. The molecule has 1 heterocycles. The fourth-order valence-corrected chi connectivity index (χ4v) is 1.30. The van der Waals surface area contributed by atoms with Gasteiger partial charge in [0.1, 0.15) is 0 Å². The molecule has 3 nitrogen and oxygen atoms in total. The van der Waals surface area contributed by atoms with E-state index in [1.807, 2.05) is 6.92 Å². The Bertz CT molecular complexity index is 223. The highest BCUT2D eigenvalue weighted by atomic mass is 16.3. The fraction of sp³-hybridized carbons (Fsp3) is 0.556. The molecule has 1 rings (SSSR count). The van der Waals surface area contributed by atoms with E-state index in [1.165, 1.54) is 0 Å². The zero-order valence-corrected chi connectivity index (χ0v) is 7.44. The maximum absolute atomic E-state index is 9.40. The third-order valence-corrected chi connectivity index (χ3v) is 1.99. The number of aromatic nitrogens is 2. The maximum Gasteiger partial charge on any atom is 0.0643 e. The van der Waals surface area contributed by atoms with Gasteiger partial charge in [-0.1, -0.05) is 6.92 Å². The summed E-state index contributed by atoms with van der Waals surface area (Å²) in [5.74, 6) is 0.110. The van der Waals surface area contributed by atoms with Crippen molar-refractivity contribution in [1.82, 2.24) is 9.97 Å². The molecule has 1 N–H and O–H groups in total. The highest BCUT2D eigenvalue weighted by molar-refractivity contribution is 5.04. The summed E-state index contributed by atoms with van der Waals surface area (Å²) < 4.78 is 0. The van der Waals surface area contributed by atoms with Gasteiger partial charge in [-0.3, -0.25) is 9.97 Å². The van der Waals surface area contributed by atoms with Gasteiger partial charge >= 0.3 is 0 Å². The van der Waals surface area contributed by atoms with E-state index in [2.05, 4.69) is 9.97 Å². The summed E-state index contributed by atoms with van der Waals surface area (Å²) in [5, 5.41) is 9.40. The van der Waals surface area contributed by atoms with Gasteiger partial charge in [0, 0.05) is 24.5 Å². The summed E-state index contributed by atoms with van der Waals surface area (Å²) in [4.78, 5) is 8.11. The fourth-order valence-electron chi connectivity index (χ4n) is 1.30. The molecule has 0 aliphatic heterocycles. The monoisotopic (exact) mass is 166 g/mol. The topological polar surface area (TPSA) is 46.0 Å². The summed E-state index contributed by atoms with van der Waals surface area (Å²) >= 11 is 0. The summed E-state index contributed by atoms with van der Waals surface area (Å²) in [5.41, 5.74) is 0.870. The molecular formula is C9H14N2O. The van der Waals surface area contributed by atoms with Crippen molar-refractivity contribution in [3.63, 3.8) is 0 Å². The van der Waals surface area contributed by atoms with E-state index in [4.69, 9.17) is 0 Å². The first-order valence-corrected chi connectivity index (χ1v) is 4.19. The molecule has 0 amide bonds. The lowest BCUT2D eigenvalue weighted by atomic mass is 9.97. The molecule has 0 aromatic carbocycles. The summed E-state index contributed by atoms with van der Waals surface area (Å²) in [6.45, 7) is 3.81. The van der Waals surface area contributed by atoms with Crippen LogP contribution in [-0.2, 0) is 0 Å². The molecule has 0 bridgehead atoms. The second-order valence-electron chi connectivity index (χ2n) is 2.89. The predicted molar refractivity (Wildman–Crippen MR) is 46.7 cm³/mol.